The number of rotatable bonds is 3. The van der Waals surface area contributed by atoms with Crippen LogP contribution in [0.4, 0.5) is 0 Å². The van der Waals surface area contributed by atoms with Gasteiger partial charge in [0.2, 0.25) is 0 Å². The Labute approximate surface area is 200 Å². The van der Waals surface area contributed by atoms with Crippen molar-refractivity contribution in [2.45, 2.75) is 57.8 Å². The van der Waals surface area contributed by atoms with Crippen LogP contribution in [0.2, 0.25) is 0 Å². The third kappa shape index (κ3) is 4.10. The summed E-state index contributed by atoms with van der Waals surface area (Å²) in [5.74, 6) is 9.80. The van der Waals surface area contributed by atoms with Crippen LogP contribution in [-0.4, -0.2) is 22.2 Å². The summed E-state index contributed by atoms with van der Waals surface area (Å²) in [5.41, 5.74) is 3.65. The number of carboxylic acid groups (broad SMARTS) is 2. The molecule has 0 radical (unpaired) electrons. The first-order valence-electron chi connectivity index (χ1n) is 11.8. The molecule has 4 aliphatic carbocycles. The van der Waals surface area contributed by atoms with Gasteiger partial charge in [-0.05, 0) is 108 Å². The predicted octanol–water partition coefficient (Wildman–Crippen LogP) is 5.73. The molecule has 4 aliphatic rings. The van der Waals surface area contributed by atoms with Crippen molar-refractivity contribution in [1.29, 1.82) is 0 Å². The highest BCUT2D eigenvalue weighted by molar-refractivity contribution is 5.94. The molecule has 4 fully saturated rings. The SMILES string of the molecule is CC12CC3CC(C)(C1)CC(c1ccc(C#CC#Cc4cc(C(=O)O)cc(C(=O)O)c4)cc1)(C3)C2. The Bertz CT molecular complexity index is 1260. The van der Waals surface area contributed by atoms with E-state index in [0.717, 1.165) is 17.5 Å². The van der Waals surface area contributed by atoms with Crippen LogP contribution in [0, 0.1) is 40.4 Å². The first-order valence-corrected chi connectivity index (χ1v) is 11.8. The summed E-state index contributed by atoms with van der Waals surface area (Å²) in [7, 11) is 0. The second kappa shape index (κ2) is 7.78. The van der Waals surface area contributed by atoms with E-state index in [2.05, 4.69) is 61.8 Å². The summed E-state index contributed by atoms with van der Waals surface area (Å²) in [6.07, 6.45) is 8.02. The Balaban J connectivity index is 1.35. The molecule has 4 nitrogen and oxygen atoms in total. The van der Waals surface area contributed by atoms with Crippen LogP contribution in [0.1, 0.15) is 89.8 Å². The molecule has 4 bridgehead atoms. The van der Waals surface area contributed by atoms with Crippen molar-refractivity contribution in [3.63, 3.8) is 0 Å². The van der Waals surface area contributed by atoms with Gasteiger partial charge in [-0.15, -0.1) is 0 Å². The number of carboxylic acids is 2. The van der Waals surface area contributed by atoms with Crippen LogP contribution in [-0.2, 0) is 5.41 Å². The van der Waals surface area contributed by atoms with Gasteiger partial charge in [0.1, 0.15) is 0 Å². The fraction of sp³-hybridized carbons (Fsp3) is 0.400. The minimum atomic E-state index is -1.20. The molecule has 2 unspecified atom stereocenters. The van der Waals surface area contributed by atoms with Crippen LogP contribution < -0.4 is 0 Å². The monoisotopic (exact) mass is 452 g/mol. The summed E-state index contributed by atoms with van der Waals surface area (Å²) in [6.45, 7) is 4.99. The van der Waals surface area contributed by atoms with E-state index in [0.29, 0.717) is 21.8 Å². The maximum Gasteiger partial charge on any atom is 0.335 e. The molecule has 0 heterocycles. The van der Waals surface area contributed by atoms with Gasteiger partial charge in [-0.3, -0.25) is 0 Å². The number of hydrogen-bond donors (Lipinski definition) is 2. The third-order valence-electron chi connectivity index (χ3n) is 8.03. The molecule has 4 heteroatoms. The maximum absolute atomic E-state index is 11.2. The Kier molecular flexibility index (Phi) is 5.10. The van der Waals surface area contributed by atoms with Crippen LogP contribution in [0.25, 0.3) is 0 Å². The minimum absolute atomic E-state index is 0.111. The molecule has 2 N–H and O–H groups in total. The minimum Gasteiger partial charge on any atom is -0.478 e. The average molecular weight is 453 g/mol. The normalized spacial score (nSPS) is 30.6. The van der Waals surface area contributed by atoms with E-state index in [1.807, 2.05) is 0 Å². The second-order valence-electron chi connectivity index (χ2n) is 11.4. The zero-order valence-electron chi connectivity index (χ0n) is 19.6. The summed E-state index contributed by atoms with van der Waals surface area (Å²) < 4.78 is 0. The topological polar surface area (TPSA) is 74.6 Å². The highest BCUT2D eigenvalue weighted by Crippen LogP contribution is 2.69. The molecule has 2 aromatic carbocycles. The number of carbonyl (C=O) groups is 2. The lowest BCUT2D eigenvalue weighted by Crippen LogP contribution is -2.56. The maximum atomic E-state index is 11.2. The first kappa shape index (κ1) is 22.3. The number of hydrogen-bond acceptors (Lipinski definition) is 2. The van der Waals surface area contributed by atoms with Gasteiger partial charge in [0.15, 0.2) is 0 Å². The van der Waals surface area contributed by atoms with Gasteiger partial charge in [-0.25, -0.2) is 9.59 Å². The van der Waals surface area contributed by atoms with Gasteiger partial charge in [0.05, 0.1) is 11.1 Å². The van der Waals surface area contributed by atoms with E-state index >= 15 is 0 Å². The summed E-state index contributed by atoms with van der Waals surface area (Å²) in [5, 5.41) is 18.4. The van der Waals surface area contributed by atoms with Crippen molar-refractivity contribution in [2.24, 2.45) is 16.7 Å². The molecule has 0 spiro atoms. The van der Waals surface area contributed by atoms with Crippen LogP contribution in [0.15, 0.2) is 42.5 Å². The number of benzene rings is 2. The summed E-state index contributed by atoms with van der Waals surface area (Å²) in [4.78, 5) is 22.5. The van der Waals surface area contributed by atoms with Gasteiger partial charge >= 0.3 is 11.9 Å². The zero-order chi connectivity index (χ0) is 24.1. The fourth-order valence-corrected chi connectivity index (χ4v) is 7.83. The van der Waals surface area contributed by atoms with E-state index in [9.17, 15) is 19.8 Å². The molecule has 0 saturated heterocycles. The molecule has 0 aliphatic heterocycles. The van der Waals surface area contributed by atoms with Gasteiger partial charge in [-0.2, -0.15) is 0 Å². The molecule has 6 rings (SSSR count). The van der Waals surface area contributed by atoms with E-state index in [-0.39, 0.29) is 11.1 Å². The Morgan fingerprint density at radius 3 is 1.79 bits per heavy atom. The third-order valence-corrected chi connectivity index (χ3v) is 8.03. The number of aromatic carboxylic acids is 2. The quantitative estimate of drug-likeness (QED) is 0.583. The lowest BCUT2D eigenvalue weighted by Gasteiger charge is -2.65. The van der Waals surface area contributed by atoms with Crippen LogP contribution in [0.5, 0.6) is 0 Å². The molecule has 34 heavy (non-hydrogen) atoms. The van der Waals surface area contributed by atoms with Crippen molar-refractivity contribution >= 4 is 11.9 Å². The van der Waals surface area contributed by atoms with Crippen molar-refractivity contribution in [1.82, 2.24) is 0 Å². The van der Waals surface area contributed by atoms with Gasteiger partial charge < -0.3 is 10.2 Å². The second-order valence-corrected chi connectivity index (χ2v) is 11.4. The highest BCUT2D eigenvalue weighted by Gasteiger charge is 2.60. The van der Waals surface area contributed by atoms with Crippen molar-refractivity contribution in [3.8, 4) is 23.7 Å². The van der Waals surface area contributed by atoms with Crippen molar-refractivity contribution < 1.29 is 19.8 Å². The largest absolute Gasteiger partial charge is 0.478 e. The van der Waals surface area contributed by atoms with Gasteiger partial charge in [-0.1, -0.05) is 37.8 Å². The molecular weight excluding hydrogens is 424 g/mol. The van der Waals surface area contributed by atoms with Crippen molar-refractivity contribution in [3.05, 3.63) is 70.3 Å². The molecular formula is C30H28O4. The fourth-order valence-electron chi connectivity index (χ4n) is 7.83. The average Bonchev–Trinajstić information content (AvgIpc) is 2.74. The van der Waals surface area contributed by atoms with E-state index < -0.39 is 11.9 Å². The van der Waals surface area contributed by atoms with Crippen LogP contribution in [0.3, 0.4) is 0 Å². The van der Waals surface area contributed by atoms with E-state index in [1.54, 1.807) is 0 Å². The molecule has 2 atom stereocenters. The molecule has 2 aromatic rings. The first-order chi connectivity index (χ1) is 16.1. The van der Waals surface area contributed by atoms with E-state index in [1.165, 1.54) is 56.2 Å². The van der Waals surface area contributed by atoms with Crippen LogP contribution >= 0.6 is 0 Å². The van der Waals surface area contributed by atoms with Gasteiger partial charge in [0.25, 0.3) is 0 Å². The zero-order valence-corrected chi connectivity index (χ0v) is 19.6. The standard InChI is InChI=1S/C30H28O4/c1-28-14-22-15-29(2,17-28)19-30(16-22,18-28)25-9-7-20(8-10-25)5-3-4-6-21-11-23(26(31)32)13-24(12-21)27(33)34/h7-13,22H,14-19H2,1-2H3,(H,31,32)(H,33,34). The smallest absolute Gasteiger partial charge is 0.335 e. The molecule has 0 aromatic heterocycles. The summed E-state index contributed by atoms with van der Waals surface area (Å²) in [6, 6.07) is 12.4. The van der Waals surface area contributed by atoms with Crippen molar-refractivity contribution in [2.75, 3.05) is 0 Å². The Morgan fingerprint density at radius 1 is 0.765 bits per heavy atom. The Morgan fingerprint density at radius 2 is 1.29 bits per heavy atom. The highest BCUT2D eigenvalue weighted by atomic mass is 16.4. The van der Waals surface area contributed by atoms with E-state index in [4.69, 9.17) is 0 Å². The predicted molar refractivity (Wildman–Crippen MR) is 130 cm³/mol. The molecule has 4 saturated carbocycles. The van der Waals surface area contributed by atoms with Gasteiger partial charge in [0, 0.05) is 11.1 Å². The summed E-state index contributed by atoms with van der Waals surface area (Å²) >= 11 is 0. The Hall–Kier alpha value is -3.50. The molecule has 172 valence electrons. The lowest BCUT2D eigenvalue weighted by atomic mass is 9.39. The molecule has 0 amide bonds. The lowest BCUT2D eigenvalue weighted by molar-refractivity contribution is -0.110.